The molecule has 0 saturated carbocycles. The molecule has 1 amide bonds. The van der Waals surface area contributed by atoms with Crippen molar-refractivity contribution in [1.29, 1.82) is 0 Å². The van der Waals surface area contributed by atoms with E-state index in [-0.39, 0.29) is 18.1 Å². The van der Waals surface area contributed by atoms with Gasteiger partial charge in [0.1, 0.15) is 11.5 Å². The van der Waals surface area contributed by atoms with E-state index in [1.165, 1.54) is 14.2 Å². The van der Waals surface area contributed by atoms with Crippen molar-refractivity contribution in [3.05, 3.63) is 18.2 Å². The summed E-state index contributed by atoms with van der Waals surface area (Å²) >= 11 is 0. The number of amides is 1. The minimum absolute atomic E-state index is 0.328. The number of methoxy groups -OCH3 is 2. The summed E-state index contributed by atoms with van der Waals surface area (Å²) < 4.78 is 16.0. The number of carboxylic acids is 1. The van der Waals surface area contributed by atoms with Gasteiger partial charge in [0.15, 0.2) is 0 Å². The molecule has 2 heterocycles. The van der Waals surface area contributed by atoms with Crippen molar-refractivity contribution in [3.8, 4) is 11.5 Å². The molecule has 0 radical (unpaired) electrons. The zero-order valence-corrected chi connectivity index (χ0v) is 12.9. The van der Waals surface area contributed by atoms with E-state index in [1.807, 2.05) is 0 Å². The number of anilines is 1. The Morgan fingerprint density at radius 2 is 1.87 bits per heavy atom. The summed E-state index contributed by atoms with van der Waals surface area (Å²) in [5.41, 5.74) is 0.477. The zero-order chi connectivity index (χ0) is 16.6. The van der Waals surface area contributed by atoms with Crippen molar-refractivity contribution in [2.45, 2.75) is 25.0 Å². The van der Waals surface area contributed by atoms with Gasteiger partial charge in [-0.15, -0.1) is 0 Å². The van der Waals surface area contributed by atoms with Crippen LogP contribution in [0.25, 0.3) is 0 Å². The average Bonchev–Trinajstić information content (AvgIpc) is 3.16. The maximum atomic E-state index is 12.6. The number of rotatable bonds is 5. The van der Waals surface area contributed by atoms with E-state index in [2.05, 4.69) is 5.32 Å². The van der Waals surface area contributed by atoms with Gasteiger partial charge < -0.3 is 24.6 Å². The largest absolute Gasteiger partial charge is 0.497 e. The molecule has 2 fully saturated rings. The summed E-state index contributed by atoms with van der Waals surface area (Å²) in [5.74, 6) is -1.76. The molecule has 7 nitrogen and oxygen atoms in total. The summed E-state index contributed by atoms with van der Waals surface area (Å²) in [7, 11) is 3.03. The minimum Gasteiger partial charge on any atom is -0.497 e. The predicted molar refractivity (Wildman–Crippen MR) is 80.7 cm³/mol. The Labute approximate surface area is 133 Å². The third-order valence-electron chi connectivity index (χ3n) is 4.53. The van der Waals surface area contributed by atoms with Gasteiger partial charge in [-0.1, -0.05) is 0 Å². The first-order valence-corrected chi connectivity index (χ1v) is 7.46. The Hall–Kier alpha value is -2.28. The van der Waals surface area contributed by atoms with Gasteiger partial charge in [0.2, 0.25) is 5.91 Å². The Morgan fingerprint density at radius 3 is 2.48 bits per heavy atom. The fourth-order valence-corrected chi connectivity index (χ4v) is 3.44. The molecule has 4 atom stereocenters. The Morgan fingerprint density at radius 1 is 1.17 bits per heavy atom. The second kappa shape index (κ2) is 6.08. The fraction of sp³-hybridized carbons (Fsp3) is 0.500. The van der Waals surface area contributed by atoms with E-state index in [0.29, 0.717) is 30.0 Å². The van der Waals surface area contributed by atoms with Crippen molar-refractivity contribution in [3.63, 3.8) is 0 Å². The van der Waals surface area contributed by atoms with Gasteiger partial charge >= 0.3 is 5.97 Å². The fourth-order valence-electron chi connectivity index (χ4n) is 3.44. The first kappa shape index (κ1) is 15.6. The summed E-state index contributed by atoms with van der Waals surface area (Å²) in [6.45, 7) is 0. The monoisotopic (exact) mass is 321 g/mol. The van der Waals surface area contributed by atoms with Crippen molar-refractivity contribution in [2.24, 2.45) is 11.8 Å². The lowest BCUT2D eigenvalue weighted by Gasteiger charge is -2.24. The number of aliphatic carboxylic acids is 1. The van der Waals surface area contributed by atoms with Crippen LogP contribution >= 0.6 is 0 Å². The highest BCUT2D eigenvalue weighted by atomic mass is 16.5. The topological polar surface area (TPSA) is 94.1 Å². The number of ether oxygens (including phenoxy) is 3. The van der Waals surface area contributed by atoms with Crippen molar-refractivity contribution < 1.29 is 28.9 Å². The molecular formula is C16H19NO6. The highest BCUT2D eigenvalue weighted by Gasteiger charge is 2.55. The lowest BCUT2D eigenvalue weighted by Crippen LogP contribution is -2.41. The number of carboxylic acid groups (broad SMARTS) is 1. The number of carbonyl (C=O) groups excluding carboxylic acids is 1. The predicted octanol–water partition coefficient (Wildman–Crippen LogP) is 1.52. The van der Waals surface area contributed by atoms with E-state index >= 15 is 0 Å². The molecule has 2 saturated heterocycles. The van der Waals surface area contributed by atoms with Crippen molar-refractivity contribution in [1.82, 2.24) is 0 Å². The van der Waals surface area contributed by atoms with Crippen LogP contribution in [0, 0.1) is 11.8 Å². The number of nitrogens with one attached hydrogen (secondary N) is 1. The molecule has 0 spiro atoms. The van der Waals surface area contributed by atoms with E-state index in [0.717, 1.165) is 0 Å². The van der Waals surface area contributed by atoms with E-state index in [1.54, 1.807) is 18.2 Å². The van der Waals surface area contributed by atoms with Gasteiger partial charge in [-0.3, -0.25) is 9.59 Å². The van der Waals surface area contributed by atoms with Crippen LogP contribution < -0.4 is 14.8 Å². The second-order valence-electron chi connectivity index (χ2n) is 5.74. The van der Waals surface area contributed by atoms with Crippen molar-refractivity contribution >= 4 is 17.6 Å². The molecule has 2 N–H and O–H groups in total. The minimum atomic E-state index is -0.987. The van der Waals surface area contributed by atoms with E-state index in [9.17, 15) is 14.7 Å². The third kappa shape index (κ3) is 2.72. The lowest BCUT2D eigenvalue weighted by atomic mass is 9.78. The van der Waals surface area contributed by atoms with Gasteiger partial charge in [-0.25, -0.2) is 0 Å². The van der Waals surface area contributed by atoms with Crippen molar-refractivity contribution in [2.75, 3.05) is 19.5 Å². The number of benzene rings is 1. The maximum absolute atomic E-state index is 12.6. The first-order valence-electron chi connectivity index (χ1n) is 7.46. The SMILES string of the molecule is COc1ccc(NC(=O)[C@@H]2[C@@H](C(=O)O)[C@H]3CC[C@H]2O3)c(OC)c1. The number of hydrogen-bond acceptors (Lipinski definition) is 5. The zero-order valence-electron chi connectivity index (χ0n) is 12.9. The maximum Gasteiger partial charge on any atom is 0.310 e. The van der Waals surface area contributed by atoms with Gasteiger partial charge in [-0.05, 0) is 25.0 Å². The van der Waals surface area contributed by atoms with Crippen LogP contribution in [0.5, 0.6) is 11.5 Å². The van der Waals surface area contributed by atoms with Gasteiger partial charge in [0.25, 0.3) is 0 Å². The molecule has 124 valence electrons. The summed E-state index contributed by atoms with van der Waals surface area (Å²) in [6.07, 6.45) is 0.708. The molecule has 0 aliphatic carbocycles. The summed E-state index contributed by atoms with van der Waals surface area (Å²) in [6, 6.07) is 5.02. The Kier molecular flexibility index (Phi) is 4.12. The molecule has 2 aliphatic rings. The lowest BCUT2D eigenvalue weighted by molar-refractivity contribution is -0.147. The molecule has 2 bridgehead atoms. The van der Waals surface area contributed by atoms with Gasteiger partial charge in [-0.2, -0.15) is 0 Å². The molecule has 7 heteroatoms. The van der Waals surface area contributed by atoms with Crippen LogP contribution in [-0.4, -0.2) is 43.4 Å². The molecule has 1 aromatic carbocycles. The Bertz CT molecular complexity index is 631. The van der Waals surface area contributed by atoms with Gasteiger partial charge in [0.05, 0.1) is 44.0 Å². The molecule has 3 rings (SSSR count). The Balaban J connectivity index is 1.80. The second-order valence-corrected chi connectivity index (χ2v) is 5.74. The summed E-state index contributed by atoms with van der Waals surface area (Å²) in [5, 5.41) is 12.2. The third-order valence-corrected chi connectivity index (χ3v) is 4.53. The number of fused-ring (bicyclic) bond motifs is 2. The van der Waals surface area contributed by atoms with E-state index < -0.39 is 17.8 Å². The molecule has 2 aliphatic heterocycles. The average molecular weight is 321 g/mol. The quantitative estimate of drug-likeness (QED) is 0.854. The van der Waals surface area contributed by atoms with Crippen LogP contribution in [0.3, 0.4) is 0 Å². The van der Waals surface area contributed by atoms with Gasteiger partial charge in [0, 0.05) is 6.07 Å². The normalized spacial score (nSPS) is 28.4. The van der Waals surface area contributed by atoms with Crippen LogP contribution in [-0.2, 0) is 14.3 Å². The smallest absolute Gasteiger partial charge is 0.310 e. The van der Waals surface area contributed by atoms with Crippen LogP contribution in [0.1, 0.15) is 12.8 Å². The molecule has 23 heavy (non-hydrogen) atoms. The highest BCUT2D eigenvalue weighted by molar-refractivity contribution is 5.97. The molecular weight excluding hydrogens is 302 g/mol. The van der Waals surface area contributed by atoms with E-state index in [4.69, 9.17) is 14.2 Å². The molecule has 1 aromatic rings. The summed E-state index contributed by atoms with van der Waals surface area (Å²) in [4.78, 5) is 24.1. The first-order chi connectivity index (χ1) is 11.0. The van der Waals surface area contributed by atoms with Crippen LogP contribution in [0.2, 0.25) is 0 Å². The number of hydrogen-bond donors (Lipinski definition) is 2. The number of carbonyl (C=O) groups is 2. The van der Waals surface area contributed by atoms with Crippen LogP contribution in [0.15, 0.2) is 18.2 Å². The highest BCUT2D eigenvalue weighted by Crippen LogP contribution is 2.44. The van der Waals surface area contributed by atoms with Crippen LogP contribution in [0.4, 0.5) is 5.69 Å². The molecule has 0 aromatic heterocycles. The standard InChI is InChI=1S/C16H19NO6/c1-21-8-3-4-9(12(7-8)22-2)17-15(18)13-10-5-6-11(23-10)14(13)16(19)20/h3-4,7,10-11,13-14H,5-6H2,1-2H3,(H,17,18)(H,19,20)/t10-,11-,13+,14+/m1/s1. The molecule has 0 unspecified atom stereocenters.